The minimum Gasteiger partial charge on any atom is -0.399 e. The maximum Gasteiger partial charge on any atom is 0.280 e. The van der Waals surface area contributed by atoms with E-state index in [0.29, 0.717) is 5.69 Å². The minimum absolute atomic E-state index is 0.278. The number of rotatable bonds is 1. The van der Waals surface area contributed by atoms with Crippen LogP contribution in [0.1, 0.15) is 12.1 Å². The summed E-state index contributed by atoms with van der Waals surface area (Å²) in [5, 5.41) is 0. The molecule has 0 aromatic carbocycles. The lowest BCUT2D eigenvalue weighted by Gasteiger charge is -1.97. The number of nitrogens with zero attached hydrogens (tertiary/aromatic N) is 1. The summed E-state index contributed by atoms with van der Waals surface area (Å²) in [5.41, 5.74) is 5.26. The van der Waals surface area contributed by atoms with Gasteiger partial charge in [0.25, 0.3) is 6.43 Å². The summed E-state index contributed by atoms with van der Waals surface area (Å²) in [4.78, 5) is 3.41. The largest absolute Gasteiger partial charge is 0.399 e. The number of anilines is 1. The van der Waals surface area contributed by atoms with E-state index in [9.17, 15) is 8.78 Å². The fourth-order valence-electron chi connectivity index (χ4n) is 0.585. The average molecular weight is 144 g/mol. The first kappa shape index (κ1) is 6.92. The van der Waals surface area contributed by atoms with Crippen LogP contribution < -0.4 is 5.73 Å². The Morgan fingerprint density at radius 2 is 2.20 bits per heavy atom. The highest BCUT2D eigenvalue weighted by Gasteiger charge is 2.06. The van der Waals surface area contributed by atoms with Gasteiger partial charge < -0.3 is 5.73 Å². The zero-order chi connectivity index (χ0) is 7.56. The summed E-state index contributed by atoms with van der Waals surface area (Å²) in [6.45, 7) is 0. The molecule has 0 amide bonds. The van der Waals surface area contributed by atoms with Gasteiger partial charge in [-0.2, -0.15) is 0 Å². The Morgan fingerprint density at radius 3 is 2.60 bits per heavy atom. The fraction of sp³-hybridized carbons (Fsp3) is 0.167. The third kappa shape index (κ3) is 1.40. The van der Waals surface area contributed by atoms with Crippen LogP contribution in [-0.4, -0.2) is 4.98 Å². The molecule has 0 fully saturated rings. The maximum absolute atomic E-state index is 11.8. The molecular formula is C6H6F2N2. The Labute approximate surface area is 56.7 Å². The predicted octanol–water partition coefficient (Wildman–Crippen LogP) is 1.60. The molecule has 0 saturated carbocycles. The molecule has 0 aliphatic rings. The maximum atomic E-state index is 11.8. The van der Waals surface area contributed by atoms with E-state index in [-0.39, 0.29) is 5.69 Å². The van der Waals surface area contributed by atoms with Crippen molar-refractivity contribution in [3.05, 3.63) is 24.0 Å². The molecule has 0 saturated heterocycles. The summed E-state index contributed by atoms with van der Waals surface area (Å²) < 4.78 is 23.7. The third-order valence-electron chi connectivity index (χ3n) is 1.03. The summed E-state index contributed by atoms with van der Waals surface area (Å²) >= 11 is 0. The first-order chi connectivity index (χ1) is 4.70. The van der Waals surface area contributed by atoms with Gasteiger partial charge in [0.15, 0.2) is 0 Å². The van der Waals surface area contributed by atoms with Crippen LogP contribution in [0.3, 0.4) is 0 Å². The third-order valence-corrected chi connectivity index (χ3v) is 1.03. The molecule has 54 valence electrons. The van der Waals surface area contributed by atoms with E-state index in [4.69, 9.17) is 5.73 Å². The van der Waals surface area contributed by atoms with Crippen molar-refractivity contribution in [3.63, 3.8) is 0 Å². The Bertz CT molecular complexity index is 225. The van der Waals surface area contributed by atoms with E-state index in [2.05, 4.69) is 4.98 Å². The van der Waals surface area contributed by atoms with Crippen molar-refractivity contribution in [1.82, 2.24) is 4.98 Å². The number of nitrogens with two attached hydrogens (primary N) is 1. The Morgan fingerprint density at radius 1 is 1.50 bits per heavy atom. The van der Waals surface area contributed by atoms with Gasteiger partial charge >= 0.3 is 0 Å². The molecule has 0 unspecified atom stereocenters. The van der Waals surface area contributed by atoms with Gasteiger partial charge in [-0.15, -0.1) is 0 Å². The topological polar surface area (TPSA) is 38.9 Å². The van der Waals surface area contributed by atoms with E-state index in [1.165, 1.54) is 12.3 Å². The molecule has 0 bridgehead atoms. The second-order valence-electron chi connectivity index (χ2n) is 1.81. The highest BCUT2D eigenvalue weighted by atomic mass is 19.3. The van der Waals surface area contributed by atoms with Crippen LogP contribution in [0.25, 0.3) is 0 Å². The lowest BCUT2D eigenvalue weighted by Crippen LogP contribution is -1.92. The number of pyridine rings is 1. The molecule has 0 aliphatic heterocycles. The number of alkyl halides is 2. The summed E-state index contributed by atoms with van der Waals surface area (Å²) in [7, 11) is 0. The average Bonchev–Trinajstić information content (AvgIpc) is 1.88. The van der Waals surface area contributed by atoms with Gasteiger partial charge in [0, 0.05) is 11.9 Å². The minimum atomic E-state index is -2.54. The van der Waals surface area contributed by atoms with E-state index in [0.717, 1.165) is 6.07 Å². The Kier molecular flexibility index (Phi) is 1.80. The van der Waals surface area contributed by atoms with Gasteiger partial charge in [-0.25, -0.2) is 8.78 Å². The smallest absolute Gasteiger partial charge is 0.280 e. The lowest BCUT2D eigenvalue weighted by molar-refractivity contribution is 0.146. The molecule has 2 N–H and O–H groups in total. The van der Waals surface area contributed by atoms with Crippen molar-refractivity contribution in [2.24, 2.45) is 0 Å². The molecule has 0 radical (unpaired) electrons. The Balaban J connectivity index is 2.96. The van der Waals surface area contributed by atoms with Gasteiger partial charge in [-0.05, 0) is 12.1 Å². The summed E-state index contributed by atoms with van der Waals surface area (Å²) in [6, 6.07) is 2.62. The van der Waals surface area contributed by atoms with E-state index >= 15 is 0 Å². The highest BCUT2D eigenvalue weighted by molar-refractivity contribution is 5.37. The predicted molar refractivity (Wildman–Crippen MR) is 33.6 cm³/mol. The van der Waals surface area contributed by atoms with E-state index in [1.807, 2.05) is 0 Å². The molecule has 2 nitrogen and oxygen atoms in total. The van der Waals surface area contributed by atoms with Crippen LogP contribution >= 0.6 is 0 Å². The normalized spacial score (nSPS) is 10.3. The van der Waals surface area contributed by atoms with Crippen molar-refractivity contribution in [2.45, 2.75) is 6.43 Å². The van der Waals surface area contributed by atoms with Crippen LogP contribution in [0, 0.1) is 0 Å². The molecule has 0 spiro atoms. The summed E-state index contributed by atoms with van der Waals surface area (Å²) in [6.07, 6.45) is -1.28. The number of hydrogen-bond acceptors (Lipinski definition) is 2. The van der Waals surface area contributed by atoms with Gasteiger partial charge in [-0.1, -0.05) is 0 Å². The monoisotopic (exact) mass is 144 g/mol. The Hall–Kier alpha value is -1.19. The second-order valence-corrected chi connectivity index (χ2v) is 1.81. The molecule has 1 aromatic rings. The van der Waals surface area contributed by atoms with Crippen LogP contribution in [0.15, 0.2) is 18.3 Å². The first-order valence-corrected chi connectivity index (χ1v) is 2.69. The van der Waals surface area contributed by atoms with Crippen LogP contribution in [-0.2, 0) is 0 Å². The van der Waals surface area contributed by atoms with E-state index < -0.39 is 6.43 Å². The van der Waals surface area contributed by atoms with Crippen LogP contribution in [0.4, 0.5) is 14.5 Å². The lowest BCUT2D eigenvalue weighted by atomic mass is 10.3. The number of nitrogen functional groups attached to an aromatic ring is 1. The fourth-order valence-corrected chi connectivity index (χ4v) is 0.585. The molecule has 1 aromatic heterocycles. The molecule has 0 aliphatic carbocycles. The van der Waals surface area contributed by atoms with Crippen molar-refractivity contribution >= 4 is 5.69 Å². The SMILES string of the molecule is Nc1ccnc(C(F)F)c1. The number of aromatic nitrogens is 1. The van der Waals surface area contributed by atoms with Crippen molar-refractivity contribution in [3.8, 4) is 0 Å². The number of halogens is 2. The molecule has 1 heterocycles. The van der Waals surface area contributed by atoms with Crippen molar-refractivity contribution < 1.29 is 8.78 Å². The van der Waals surface area contributed by atoms with Crippen LogP contribution in [0.2, 0.25) is 0 Å². The molecular weight excluding hydrogens is 138 g/mol. The quantitative estimate of drug-likeness (QED) is 0.650. The van der Waals surface area contributed by atoms with Gasteiger partial charge in [0.05, 0.1) is 0 Å². The van der Waals surface area contributed by atoms with Crippen molar-refractivity contribution in [1.29, 1.82) is 0 Å². The first-order valence-electron chi connectivity index (χ1n) is 2.69. The summed E-state index contributed by atoms with van der Waals surface area (Å²) in [5.74, 6) is 0. The standard InChI is InChI=1S/C6H6F2N2/c7-6(8)5-3-4(9)1-2-10-5/h1-3,6H,(H2,9,10). The van der Waals surface area contributed by atoms with Gasteiger partial charge in [0.2, 0.25) is 0 Å². The van der Waals surface area contributed by atoms with Gasteiger partial charge in [0.1, 0.15) is 5.69 Å². The molecule has 0 atom stereocenters. The van der Waals surface area contributed by atoms with Gasteiger partial charge in [-0.3, -0.25) is 4.98 Å². The molecule has 1 rings (SSSR count). The highest BCUT2D eigenvalue weighted by Crippen LogP contribution is 2.16. The zero-order valence-corrected chi connectivity index (χ0v) is 5.09. The second kappa shape index (κ2) is 2.60. The van der Waals surface area contributed by atoms with Crippen molar-refractivity contribution in [2.75, 3.05) is 5.73 Å². The molecule has 4 heteroatoms. The van der Waals surface area contributed by atoms with Crippen LogP contribution in [0.5, 0.6) is 0 Å². The zero-order valence-electron chi connectivity index (χ0n) is 5.09. The number of hydrogen-bond donors (Lipinski definition) is 1. The van der Waals surface area contributed by atoms with E-state index in [1.54, 1.807) is 0 Å². The molecule has 10 heavy (non-hydrogen) atoms.